The van der Waals surface area contributed by atoms with Crippen molar-refractivity contribution in [3.63, 3.8) is 0 Å². The molecule has 1 nitrogen and oxygen atoms in total. The van der Waals surface area contributed by atoms with Crippen LogP contribution < -0.4 is 0 Å². The number of fused-ring (bicyclic) bond motifs is 1. The molecule has 0 saturated heterocycles. The number of rotatable bonds is 2. The molecule has 1 aliphatic carbocycles. The number of benzene rings is 1. The molecule has 0 bridgehead atoms. The summed E-state index contributed by atoms with van der Waals surface area (Å²) in [7, 11) is 0. The van der Waals surface area contributed by atoms with E-state index in [0.29, 0.717) is 5.41 Å². The molecule has 18 heavy (non-hydrogen) atoms. The summed E-state index contributed by atoms with van der Waals surface area (Å²) in [6.45, 7) is 4.70. The van der Waals surface area contributed by atoms with Gasteiger partial charge in [0.25, 0.3) is 0 Å². The second-order valence-electron chi connectivity index (χ2n) is 5.70. The lowest BCUT2D eigenvalue weighted by atomic mass is 9.84. The van der Waals surface area contributed by atoms with Crippen molar-refractivity contribution in [3.8, 4) is 11.1 Å². The van der Waals surface area contributed by atoms with Crippen molar-refractivity contribution in [1.29, 1.82) is 0 Å². The first-order valence-corrected chi connectivity index (χ1v) is 6.73. The Morgan fingerprint density at radius 2 is 2.06 bits per heavy atom. The maximum absolute atomic E-state index is 4.24. The third kappa shape index (κ3) is 1.84. The van der Waals surface area contributed by atoms with Crippen molar-refractivity contribution in [2.45, 2.75) is 33.1 Å². The van der Waals surface area contributed by atoms with Crippen LogP contribution in [0.4, 0.5) is 0 Å². The zero-order valence-corrected chi connectivity index (χ0v) is 11.1. The van der Waals surface area contributed by atoms with Crippen LogP contribution in [0.2, 0.25) is 0 Å². The third-order valence-corrected chi connectivity index (χ3v) is 4.32. The zero-order valence-electron chi connectivity index (χ0n) is 11.1. The fourth-order valence-corrected chi connectivity index (χ4v) is 3.00. The molecule has 0 radical (unpaired) electrons. The summed E-state index contributed by atoms with van der Waals surface area (Å²) in [5.74, 6) is 0. The Balaban J connectivity index is 2.09. The van der Waals surface area contributed by atoms with Crippen LogP contribution in [0.15, 0.2) is 42.7 Å². The average molecular weight is 237 g/mol. The molecule has 0 fully saturated rings. The van der Waals surface area contributed by atoms with E-state index in [0.717, 1.165) is 0 Å². The second kappa shape index (κ2) is 4.24. The molecule has 0 N–H and O–H groups in total. The van der Waals surface area contributed by atoms with Crippen LogP contribution in [-0.4, -0.2) is 4.98 Å². The minimum Gasteiger partial charge on any atom is -0.264 e. The van der Waals surface area contributed by atoms with Crippen LogP contribution in [0.5, 0.6) is 0 Å². The lowest BCUT2D eigenvalue weighted by molar-refractivity contribution is 0.332. The Kier molecular flexibility index (Phi) is 2.70. The summed E-state index contributed by atoms with van der Waals surface area (Å²) in [5, 5.41) is 0. The molecule has 1 heteroatoms. The minimum absolute atomic E-state index is 0.445. The van der Waals surface area contributed by atoms with Crippen LogP contribution in [0.25, 0.3) is 11.1 Å². The molecule has 1 atom stereocenters. The Hall–Kier alpha value is -1.63. The highest BCUT2D eigenvalue weighted by atomic mass is 14.6. The fraction of sp³-hybridized carbons (Fsp3) is 0.353. The van der Waals surface area contributed by atoms with Crippen molar-refractivity contribution in [2.24, 2.45) is 5.41 Å². The predicted molar refractivity (Wildman–Crippen MR) is 75.5 cm³/mol. The van der Waals surface area contributed by atoms with Gasteiger partial charge in [-0.15, -0.1) is 0 Å². The van der Waals surface area contributed by atoms with Gasteiger partial charge in [0.05, 0.1) is 0 Å². The highest BCUT2D eigenvalue weighted by Crippen LogP contribution is 2.42. The number of hydrogen-bond acceptors (Lipinski definition) is 1. The van der Waals surface area contributed by atoms with Gasteiger partial charge in [-0.25, -0.2) is 0 Å². The Morgan fingerprint density at radius 3 is 2.78 bits per heavy atom. The fourth-order valence-electron chi connectivity index (χ4n) is 3.00. The van der Waals surface area contributed by atoms with Crippen LogP contribution in [0.3, 0.4) is 0 Å². The van der Waals surface area contributed by atoms with E-state index in [9.17, 15) is 0 Å². The molecule has 2 aromatic rings. The van der Waals surface area contributed by atoms with Gasteiger partial charge in [-0.2, -0.15) is 0 Å². The number of nitrogens with zero attached hydrogens (tertiary/aromatic N) is 1. The summed E-state index contributed by atoms with van der Waals surface area (Å²) in [6, 6.07) is 10.9. The van der Waals surface area contributed by atoms with Crippen molar-refractivity contribution in [2.75, 3.05) is 0 Å². The van der Waals surface area contributed by atoms with Gasteiger partial charge in [-0.3, -0.25) is 4.98 Å². The molecule has 0 aliphatic heterocycles. The van der Waals surface area contributed by atoms with Gasteiger partial charge in [0, 0.05) is 18.0 Å². The second-order valence-corrected chi connectivity index (χ2v) is 5.70. The summed E-state index contributed by atoms with van der Waals surface area (Å²) in [5.41, 5.74) is 6.13. The molecule has 0 spiro atoms. The van der Waals surface area contributed by atoms with E-state index in [2.05, 4.69) is 43.1 Å². The minimum atomic E-state index is 0.445. The summed E-state index contributed by atoms with van der Waals surface area (Å²) >= 11 is 0. The van der Waals surface area contributed by atoms with Crippen LogP contribution in [0, 0.1) is 5.41 Å². The first-order valence-electron chi connectivity index (χ1n) is 6.73. The maximum Gasteiger partial charge on any atom is 0.0346 e. The average Bonchev–Trinajstić information content (AvgIpc) is 2.76. The first-order chi connectivity index (χ1) is 8.72. The van der Waals surface area contributed by atoms with Gasteiger partial charge in [0.1, 0.15) is 0 Å². The molecule has 1 aromatic carbocycles. The molecular formula is C17H19N. The Morgan fingerprint density at radius 1 is 1.17 bits per heavy atom. The lowest BCUT2D eigenvalue weighted by Crippen LogP contribution is -2.14. The van der Waals surface area contributed by atoms with Gasteiger partial charge >= 0.3 is 0 Å². The zero-order chi connectivity index (χ0) is 12.6. The number of aromatic nitrogens is 1. The number of hydrogen-bond donors (Lipinski definition) is 0. The normalized spacial score (nSPS) is 21.9. The van der Waals surface area contributed by atoms with E-state index in [-0.39, 0.29) is 0 Å². The van der Waals surface area contributed by atoms with Crippen LogP contribution in [0.1, 0.15) is 31.4 Å². The predicted octanol–water partition coefficient (Wildman–Crippen LogP) is 4.26. The standard InChI is InChI=1S/C17H19N/c1-3-17(2)10-13-6-4-8-15(16(13)11-17)14-7-5-9-18-12-14/h4-9,12H,3,10-11H2,1-2H3. The van der Waals surface area contributed by atoms with Crippen molar-refractivity contribution in [3.05, 3.63) is 53.9 Å². The summed E-state index contributed by atoms with van der Waals surface area (Å²) in [4.78, 5) is 4.24. The van der Waals surface area contributed by atoms with E-state index in [1.165, 1.54) is 41.5 Å². The van der Waals surface area contributed by atoms with E-state index in [4.69, 9.17) is 0 Å². The third-order valence-electron chi connectivity index (χ3n) is 4.32. The van der Waals surface area contributed by atoms with Crippen molar-refractivity contribution >= 4 is 0 Å². The van der Waals surface area contributed by atoms with E-state index >= 15 is 0 Å². The topological polar surface area (TPSA) is 12.9 Å². The molecule has 0 saturated carbocycles. The first kappa shape index (κ1) is 11.5. The van der Waals surface area contributed by atoms with Gasteiger partial charge < -0.3 is 0 Å². The van der Waals surface area contributed by atoms with E-state index in [1.807, 2.05) is 18.5 Å². The van der Waals surface area contributed by atoms with Crippen molar-refractivity contribution in [1.82, 2.24) is 4.98 Å². The molecule has 1 unspecified atom stereocenters. The molecule has 92 valence electrons. The van der Waals surface area contributed by atoms with Crippen LogP contribution in [-0.2, 0) is 12.8 Å². The van der Waals surface area contributed by atoms with Crippen LogP contribution >= 0.6 is 0 Å². The van der Waals surface area contributed by atoms with Gasteiger partial charge in [-0.05, 0) is 41.0 Å². The summed E-state index contributed by atoms with van der Waals surface area (Å²) < 4.78 is 0. The van der Waals surface area contributed by atoms with Gasteiger partial charge in [0.15, 0.2) is 0 Å². The molecule has 1 aliphatic rings. The maximum atomic E-state index is 4.24. The Labute approximate surface area is 109 Å². The van der Waals surface area contributed by atoms with E-state index < -0.39 is 0 Å². The monoisotopic (exact) mass is 237 g/mol. The lowest BCUT2D eigenvalue weighted by Gasteiger charge is -2.20. The molecule has 0 amide bonds. The quantitative estimate of drug-likeness (QED) is 0.760. The SMILES string of the molecule is CCC1(C)Cc2cccc(-c3cccnc3)c2C1. The number of pyridine rings is 1. The highest BCUT2D eigenvalue weighted by Gasteiger charge is 2.32. The van der Waals surface area contributed by atoms with Gasteiger partial charge in [0.2, 0.25) is 0 Å². The molecule has 1 heterocycles. The van der Waals surface area contributed by atoms with Crippen molar-refractivity contribution < 1.29 is 0 Å². The summed E-state index contributed by atoms with van der Waals surface area (Å²) in [6.07, 6.45) is 7.46. The largest absolute Gasteiger partial charge is 0.264 e. The molecule has 1 aromatic heterocycles. The molecule has 3 rings (SSSR count). The smallest absolute Gasteiger partial charge is 0.0346 e. The Bertz CT molecular complexity index is 559. The highest BCUT2D eigenvalue weighted by molar-refractivity contribution is 5.69. The van der Waals surface area contributed by atoms with Gasteiger partial charge in [-0.1, -0.05) is 44.5 Å². The molecular weight excluding hydrogens is 218 g/mol. The van der Waals surface area contributed by atoms with E-state index in [1.54, 1.807) is 0 Å².